The SMILES string of the molecule is COc1cc(OC)cc(C(=O)Nc2nn(C)cc2CN)c1. The quantitative estimate of drug-likeness (QED) is 0.862. The smallest absolute Gasteiger partial charge is 0.257 e. The number of aromatic nitrogens is 2. The van der Waals surface area contributed by atoms with Gasteiger partial charge in [0, 0.05) is 37.0 Å². The van der Waals surface area contributed by atoms with E-state index in [0.29, 0.717) is 29.4 Å². The molecule has 0 atom stereocenters. The van der Waals surface area contributed by atoms with E-state index in [0.717, 1.165) is 5.56 Å². The number of methoxy groups -OCH3 is 2. The monoisotopic (exact) mass is 290 g/mol. The predicted octanol–water partition coefficient (Wildman–Crippen LogP) is 1.15. The largest absolute Gasteiger partial charge is 0.497 e. The summed E-state index contributed by atoms with van der Waals surface area (Å²) in [6.07, 6.45) is 1.77. The third kappa shape index (κ3) is 3.32. The lowest BCUT2D eigenvalue weighted by atomic mass is 10.2. The summed E-state index contributed by atoms with van der Waals surface area (Å²) in [6.45, 7) is 0.297. The molecule has 0 aliphatic rings. The highest BCUT2D eigenvalue weighted by Crippen LogP contribution is 2.23. The fourth-order valence-electron chi connectivity index (χ4n) is 1.91. The van der Waals surface area contributed by atoms with E-state index in [1.807, 2.05) is 0 Å². The molecule has 2 aromatic rings. The highest BCUT2D eigenvalue weighted by molar-refractivity contribution is 6.04. The second-order valence-electron chi connectivity index (χ2n) is 4.44. The van der Waals surface area contributed by atoms with E-state index in [9.17, 15) is 4.79 Å². The van der Waals surface area contributed by atoms with Crippen LogP contribution in [0.5, 0.6) is 11.5 Å². The summed E-state index contributed by atoms with van der Waals surface area (Å²) in [7, 11) is 4.83. The maximum atomic E-state index is 12.3. The van der Waals surface area contributed by atoms with E-state index in [1.165, 1.54) is 14.2 Å². The highest BCUT2D eigenvalue weighted by Gasteiger charge is 2.14. The Bertz CT molecular complexity index is 629. The summed E-state index contributed by atoms with van der Waals surface area (Å²) in [5, 5.41) is 6.91. The van der Waals surface area contributed by atoms with Gasteiger partial charge in [-0.2, -0.15) is 5.10 Å². The molecule has 0 aliphatic carbocycles. The maximum Gasteiger partial charge on any atom is 0.257 e. The molecule has 0 saturated heterocycles. The van der Waals surface area contributed by atoms with Gasteiger partial charge in [0.05, 0.1) is 14.2 Å². The van der Waals surface area contributed by atoms with Gasteiger partial charge in [-0.25, -0.2) is 0 Å². The summed E-state index contributed by atoms with van der Waals surface area (Å²) < 4.78 is 11.9. The number of carbonyl (C=O) groups excluding carboxylic acids is 1. The minimum Gasteiger partial charge on any atom is -0.497 e. The lowest BCUT2D eigenvalue weighted by molar-refractivity contribution is 0.102. The first-order chi connectivity index (χ1) is 10.1. The molecular formula is C14H18N4O3. The van der Waals surface area contributed by atoms with Gasteiger partial charge in [0.2, 0.25) is 0 Å². The number of ether oxygens (including phenoxy) is 2. The van der Waals surface area contributed by atoms with E-state index in [4.69, 9.17) is 15.2 Å². The number of anilines is 1. The number of hydrogen-bond acceptors (Lipinski definition) is 5. The zero-order chi connectivity index (χ0) is 15.4. The van der Waals surface area contributed by atoms with E-state index in [-0.39, 0.29) is 5.91 Å². The number of nitrogens with two attached hydrogens (primary N) is 1. The van der Waals surface area contributed by atoms with Gasteiger partial charge < -0.3 is 20.5 Å². The lowest BCUT2D eigenvalue weighted by Crippen LogP contribution is -2.14. The molecule has 3 N–H and O–H groups in total. The standard InChI is InChI=1S/C14H18N4O3/c1-18-8-10(7-15)13(17-18)16-14(19)9-4-11(20-2)6-12(5-9)21-3/h4-6,8H,7,15H2,1-3H3,(H,16,17,19). The number of nitrogens with one attached hydrogen (secondary N) is 1. The molecule has 0 spiro atoms. The van der Waals surface area contributed by atoms with Crippen LogP contribution in [-0.2, 0) is 13.6 Å². The lowest BCUT2D eigenvalue weighted by Gasteiger charge is -2.08. The van der Waals surface area contributed by atoms with E-state index in [1.54, 1.807) is 36.1 Å². The van der Waals surface area contributed by atoms with Crippen molar-refractivity contribution in [3.05, 3.63) is 35.5 Å². The predicted molar refractivity (Wildman–Crippen MR) is 78.6 cm³/mol. The number of nitrogens with zero attached hydrogens (tertiary/aromatic N) is 2. The van der Waals surface area contributed by atoms with Crippen molar-refractivity contribution in [2.45, 2.75) is 6.54 Å². The van der Waals surface area contributed by atoms with Crippen molar-refractivity contribution in [2.24, 2.45) is 12.8 Å². The van der Waals surface area contributed by atoms with Crippen LogP contribution in [0.3, 0.4) is 0 Å². The second-order valence-corrected chi connectivity index (χ2v) is 4.44. The Labute approximate surface area is 122 Å². The molecule has 1 heterocycles. The highest BCUT2D eigenvalue weighted by atomic mass is 16.5. The van der Waals surface area contributed by atoms with Crippen LogP contribution in [0.15, 0.2) is 24.4 Å². The van der Waals surface area contributed by atoms with Gasteiger partial charge in [-0.1, -0.05) is 0 Å². The Hall–Kier alpha value is -2.54. The number of rotatable bonds is 5. The van der Waals surface area contributed by atoms with Crippen molar-refractivity contribution in [3.8, 4) is 11.5 Å². The zero-order valence-corrected chi connectivity index (χ0v) is 12.2. The fraction of sp³-hybridized carbons (Fsp3) is 0.286. The van der Waals surface area contributed by atoms with Crippen molar-refractivity contribution in [3.63, 3.8) is 0 Å². The Kier molecular flexibility index (Phi) is 4.44. The Balaban J connectivity index is 2.27. The molecule has 0 unspecified atom stereocenters. The first-order valence-corrected chi connectivity index (χ1v) is 6.34. The van der Waals surface area contributed by atoms with E-state index in [2.05, 4.69) is 10.4 Å². The molecule has 112 valence electrons. The molecule has 2 rings (SSSR count). The van der Waals surface area contributed by atoms with Crippen molar-refractivity contribution < 1.29 is 14.3 Å². The number of amides is 1. The molecular weight excluding hydrogens is 272 g/mol. The van der Waals surface area contributed by atoms with Gasteiger partial charge in [0.15, 0.2) is 5.82 Å². The zero-order valence-electron chi connectivity index (χ0n) is 12.2. The minimum atomic E-state index is -0.305. The van der Waals surface area contributed by atoms with Crippen LogP contribution >= 0.6 is 0 Å². The van der Waals surface area contributed by atoms with Gasteiger partial charge >= 0.3 is 0 Å². The average Bonchev–Trinajstić information content (AvgIpc) is 2.86. The number of benzene rings is 1. The van der Waals surface area contributed by atoms with Crippen LogP contribution in [0.4, 0.5) is 5.82 Å². The molecule has 0 radical (unpaired) electrons. The molecule has 7 heteroatoms. The molecule has 0 aliphatic heterocycles. The molecule has 0 fully saturated rings. The molecule has 1 aromatic heterocycles. The van der Waals surface area contributed by atoms with Gasteiger partial charge in [-0.05, 0) is 12.1 Å². The Morgan fingerprint density at radius 2 is 1.90 bits per heavy atom. The Morgan fingerprint density at radius 3 is 2.43 bits per heavy atom. The van der Waals surface area contributed by atoms with E-state index < -0.39 is 0 Å². The Morgan fingerprint density at radius 1 is 1.29 bits per heavy atom. The van der Waals surface area contributed by atoms with Crippen LogP contribution in [0.25, 0.3) is 0 Å². The van der Waals surface area contributed by atoms with Crippen molar-refractivity contribution in [1.82, 2.24) is 9.78 Å². The molecule has 0 bridgehead atoms. The van der Waals surface area contributed by atoms with Crippen molar-refractivity contribution in [2.75, 3.05) is 19.5 Å². The summed E-state index contributed by atoms with van der Waals surface area (Å²) >= 11 is 0. The van der Waals surface area contributed by atoms with Gasteiger partial charge in [-0.15, -0.1) is 0 Å². The number of hydrogen-bond donors (Lipinski definition) is 2. The normalized spacial score (nSPS) is 10.3. The van der Waals surface area contributed by atoms with Gasteiger partial charge in [0.25, 0.3) is 5.91 Å². The van der Waals surface area contributed by atoms with Crippen molar-refractivity contribution >= 4 is 11.7 Å². The molecule has 1 amide bonds. The van der Waals surface area contributed by atoms with Crippen LogP contribution < -0.4 is 20.5 Å². The molecule has 0 saturated carbocycles. The molecule has 21 heavy (non-hydrogen) atoms. The van der Waals surface area contributed by atoms with Crippen LogP contribution in [0.2, 0.25) is 0 Å². The minimum absolute atomic E-state index is 0.297. The van der Waals surface area contributed by atoms with Gasteiger partial charge in [-0.3, -0.25) is 9.48 Å². The van der Waals surface area contributed by atoms with Crippen LogP contribution in [0, 0.1) is 0 Å². The summed E-state index contributed by atoms with van der Waals surface area (Å²) in [5.41, 5.74) is 6.81. The number of aryl methyl sites for hydroxylation is 1. The first kappa shape index (κ1) is 14.9. The topological polar surface area (TPSA) is 91.4 Å². The molecule has 7 nitrogen and oxygen atoms in total. The third-order valence-corrected chi connectivity index (χ3v) is 2.97. The maximum absolute atomic E-state index is 12.3. The van der Waals surface area contributed by atoms with Gasteiger partial charge in [0.1, 0.15) is 11.5 Å². The number of carbonyl (C=O) groups is 1. The van der Waals surface area contributed by atoms with Crippen LogP contribution in [0.1, 0.15) is 15.9 Å². The second kappa shape index (κ2) is 6.27. The third-order valence-electron chi connectivity index (χ3n) is 2.97. The van der Waals surface area contributed by atoms with E-state index >= 15 is 0 Å². The summed E-state index contributed by atoms with van der Waals surface area (Å²) in [6, 6.07) is 4.95. The first-order valence-electron chi connectivity index (χ1n) is 6.34. The summed E-state index contributed by atoms with van der Waals surface area (Å²) in [4.78, 5) is 12.3. The fourth-order valence-corrected chi connectivity index (χ4v) is 1.91. The average molecular weight is 290 g/mol. The summed E-state index contributed by atoms with van der Waals surface area (Å²) in [5.74, 6) is 1.23. The molecule has 1 aromatic carbocycles. The van der Waals surface area contributed by atoms with Crippen molar-refractivity contribution in [1.29, 1.82) is 0 Å². The van der Waals surface area contributed by atoms with Crippen LogP contribution in [-0.4, -0.2) is 29.9 Å².